The van der Waals surface area contributed by atoms with E-state index in [1.165, 1.54) is 28.1 Å². The summed E-state index contributed by atoms with van der Waals surface area (Å²) in [6.07, 6.45) is 0. The Balaban J connectivity index is 1.64. The quantitative estimate of drug-likeness (QED) is 0.492. The molecule has 0 amide bonds. The minimum absolute atomic E-state index is 0.206. The number of aryl methyl sites for hydroxylation is 1. The van der Waals surface area contributed by atoms with E-state index in [4.69, 9.17) is 4.98 Å². The molecule has 0 aliphatic carbocycles. The van der Waals surface area contributed by atoms with Crippen molar-refractivity contribution in [3.05, 3.63) is 88.6 Å². The van der Waals surface area contributed by atoms with Crippen LogP contribution in [0.25, 0.3) is 21.5 Å². The largest absolute Gasteiger partial charge is 0.309 e. The number of benzene rings is 2. The first-order valence-electron chi connectivity index (χ1n) is 8.59. The third kappa shape index (κ3) is 3.52. The van der Waals surface area contributed by atoms with Crippen LogP contribution in [0.5, 0.6) is 0 Å². The lowest BCUT2D eigenvalue weighted by Crippen LogP contribution is -2.14. The van der Waals surface area contributed by atoms with Crippen LogP contribution in [0.1, 0.15) is 16.7 Å². The number of hydrogen-bond acceptors (Lipinski definition) is 3. The van der Waals surface area contributed by atoms with E-state index in [0.717, 1.165) is 22.2 Å². The summed E-state index contributed by atoms with van der Waals surface area (Å²) in [6, 6.07) is 19.3. The number of thiophene rings is 1. The fourth-order valence-corrected chi connectivity index (χ4v) is 3.84. The number of halogens is 1. The van der Waals surface area contributed by atoms with Gasteiger partial charge in [-0.25, -0.2) is 9.37 Å². The first-order valence-corrected chi connectivity index (χ1v) is 9.47. The van der Waals surface area contributed by atoms with Crippen molar-refractivity contribution >= 4 is 22.2 Å². The molecule has 0 atom stereocenters. The van der Waals surface area contributed by atoms with Crippen molar-refractivity contribution in [1.82, 2.24) is 10.3 Å². The van der Waals surface area contributed by atoms with E-state index in [1.807, 2.05) is 12.1 Å². The predicted molar refractivity (Wildman–Crippen MR) is 107 cm³/mol. The second-order valence-electron chi connectivity index (χ2n) is 6.35. The summed E-state index contributed by atoms with van der Waals surface area (Å²) in [5.74, 6) is -0.206. The summed E-state index contributed by atoms with van der Waals surface area (Å²) in [5, 5.41) is 6.70. The molecule has 0 spiro atoms. The second-order valence-corrected chi connectivity index (χ2v) is 7.30. The highest BCUT2D eigenvalue weighted by Gasteiger charge is 2.11. The molecule has 0 aliphatic heterocycles. The molecular weight excluding hydrogens is 343 g/mol. The van der Waals surface area contributed by atoms with Crippen LogP contribution in [0.2, 0.25) is 0 Å². The van der Waals surface area contributed by atoms with Crippen molar-refractivity contribution in [3.8, 4) is 10.6 Å². The lowest BCUT2D eigenvalue weighted by molar-refractivity contribution is 0.625. The smallest absolute Gasteiger partial charge is 0.123 e. The summed E-state index contributed by atoms with van der Waals surface area (Å²) in [5.41, 5.74) is 5.51. The van der Waals surface area contributed by atoms with Crippen LogP contribution in [0.4, 0.5) is 4.39 Å². The minimum Gasteiger partial charge on any atom is -0.309 e. The number of nitrogens with one attached hydrogen (secondary N) is 1. The molecule has 2 nitrogen and oxygen atoms in total. The molecule has 2 heterocycles. The number of para-hydroxylation sites is 1. The van der Waals surface area contributed by atoms with Gasteiger partial charge < -0.3 is 5.32 Å². The van der Waals surface area contributed by atoms with Crippen LogP contribution in [-0.4, -0.2) is 4.98 Å². The first kappa shape index (κ1) is 16.9. The fraction of sp³-hybridized carbons (Fsp3) is 0.136. The number of hydrogen-bond donors (Lipinski definition) is 1. The zero-order chi connectivity index (χ0) is 17.9. The van der Waals surface area contributed by atoms with Crippen LogP contribution in [-0.2, 0) is 13.1 Å². The van der Waals surface area contributed by atoms with Gasteiger partial charge >= 0.3 is 0 Å². The molecule has 0 bridgehead atoms. The van der Waals surface area contributed by atoms with Gasteiger partial charge in [-0.3, -0.25) is 0 Å². The zero-order valence-electron chi connectivity index (χ0n) is 14.5. The van der Waals surface area contributed by atoms with Crippen molar-refractivity contribution in [2.24, 2.45) is 0 Å². The molecular formula is C22H19FN2S. The van der Waals surface area contributed by atoms with E-state index < -0.39 is 0 Å². The van der Waals surface area contributed by atoms with Crippen molar-refractivity contribution in [2.45, 2.75) is 20.0 Å². The molecule has 4 heteroatoms. The Hall–Kier alpha value is -2.56. The minimum atomic E-state index is -0.206. The molecule has 2 aromatic heterocycles. The monoisotopic (exact) mass is 362 g/mol. The van der Waals surface area contributed by atoms with Gasteiger partial charge in [0.2, 0.25) is 0 Å². The SMILES string of the molecule is Cc1cccc2cc(CNCc3ccc(F)cc3)c(-c3cccs3)nc12. The third-order valence-electron chi connectivity index (χ3n) is 4.44. The molecule has 0 saturated carbocycles. The van der Waals surface area contributed by atoms with Gasteiger partial charge in [0.05, 0.1) is 16.1 Å². The van der Waals surface area contributed by atoms with E-state index in [9.17, 15) is 4.39 Å². The number of nitrogens with zero attached hydrogens (tertiary/aromatic N) is 1. The van der Waals surface area contributed by atoms with Gasteiger partial charge in [0.1, 0.15) is 5.82 Å². The number of rotatable bonds is 5. The average Bonchev–Trinajstić information content (AvgIpc) is 3.18. The van der Waals surface area contributed by atoms with E-state index in [2.05, 4.69) is 54.0 Å². The summed E-state index contributed by atoms with van der Waals surface area (Å²) < 4.78 is 13.0. The highest BCUT2D eigenvalue weighted by atomic mass is 32.1. The Kier molecular flexibility index (Phi) is 4.78. The van der Waals surface area contributed by atoms with Crippen molar-refractivity contribution in [3.63, 3.8) is 0 Å². The topological polar surface area (TPSA) is 24.9 Å². The predicted octanol–water partition coefficient (Wildman–Crippen LogP) is 5.70. The molecule has 4 rings (SSSR count). The highest BCUT2D eigenvalue weighted by Crippen LogP contribution is 2.30. The van der Waals surface area contributed by atoms with E-state index >= 15 is 0 Å². The third-order valence-corrected chi connectivity index (χ3v) is 5.32. The maximum absolute atomic E-state index is 13.0. The molecule has 2 aromatic carbocycles. The van der Waals surface area contributed by atoms with Crippen LogP contribution < -0.4 is 5.32 Å². The molecule has 1 N–H and O–H groups in total. The second kappa shape index (κ2) is 7.36. The van der Waals surface area contributed by atoms with E-state index in [0.29, 0.717) is 13.1 Å². The Morgan fingerprint density at radius 2 is 1.85 bits per heavy atom. The number of fused-ring (bicyclic) bond motifs is 1. The Bertz CT molecular complexity index is 1020. The van der Waals surface area contributed by atoms with Gasteiger partial charge in [-0.2, -0.15) is 0 Å². The zero-order valence-corrected chi connectivity index (χ0v) is 15.3. The lowest BCUT2D eigenvalue weighted by Gasteiger charge is -2.12. The van der Waals surface area contributed by atoms with Gasteiger partial charge in [0.25, 0.3) is 0 Å². The van der Waals surface area contributed by atoms with Gasteiger partial charge in [-0.15, -0.1) is 11.3 Å². The van der Waals surface area contributed by atoms with E-state index in [1.54, 1.807) is 11.3 Å². The average molecular weight is 362 g/mol. The van der Waals surface area contributed by atoms with E-state index in [-0.39, 0.29) is 5.82 Å². The molecule has 0 fully saturated rings. The Morgan fingerprint density at radius 3 is 2.62 bits per heavy atom. The maximum Gasteiger partial charge on any atom is 0.123 e. The van der Waals surface area contributed by atoms with Crippen molar-refractivity contribution in [2.75, 3.05) is 0 Å². The van der Waals surface area contributed by atoms with Gasteiger partial charge in [0.15, 0.2) is 0 Å². The van der Waals surface area contributed by atoms with Crippen molar-refractivity contribution < 1.29 is 4.39 Å². The molecule has 0 unspecified atom stereocenters. The molecule has 0 saturated heterocycles. The molecule has 0 radical (unpaired) electrons. The normalized spacial score (nSPS) is 11.2. The summed E-state index contributed by atoms with van der Waals surface area (Å²) >= 11 is 1.70. The van der Waals surface area contributed by atoms with Crippen LogP contribution >= 0.6 is 11.3 Å². The van der Waals surface area contributed by atoms with Crippen molar-refractivity contribution in [1.29, 1.82) is 0 Å². The molecule has 0 aliphatic rings. The fourth-order valence-electron chi connectivity index (χ4n) is 3.10. The molecule has 130 valence electrons. The van der Waals surface area contributed by atoms with Crippen LogP contribution in [0.3, 0.4) is 0 Å². The Labute approximate surface area is 156 Å². The summed E-state index contributed by atoms with van der Waals surface area (Å²) in [7, 11) is 0. The summed E-state index contributed by atoms with van der Waals surface area (Å²) in [4.78, 5) is 6.15. The van der Waals surface area contributed by atoms with Gasteiger partial charge in [0, 0.05) is 18.5 Å². The standard InChI is InChI=1S/C22H19FN2S/c1-15-4-2-5-17-12-18(14-24-13-16-7-9-19(23)10-8-16)22(25-21(15)17)20-6-3-11-26-20/h2-12,24H,13-14H2,1H3. The Morgan fingerprint density at radius 1 is 1.00 bits per heavy atom. The number of pyridine rings is 1. The maximum atomic E-state index is 13.0. The van der Waals surface area contributed by atoms with Gasteiger partial charge in [-0.1, -0.05) is 36.4 Å². The highest BCUT2D eigenvalue weighted by molar-refractivity contribution is 7.13. The van der Waals surface area contributed by atoms with Gasteiger partial charge in [-0.05, 0) is 53.3 Å². The first-order chi connectivity index (χ1) is 12.7. The molecule has 4 aromatic rings. The molecule has 26 heavy (non-hydrogen) atoms. The lowest BCUT2D eigenvalue weighted by atomic mass is 10.1. The number of aromatic nitrogens is 1. The van der Waals surface area contributed by atoms with Crippen LogP contribution in [0, 0.1) is 12.7 Å². The van der Waals surface area contributed by atoms with Crippen LogP contribution in [0.15, 0.2) is 66.0 Å². The summed E-state index contributed by atoms with van der Waals surface area (Å²) in [6.45, 7) is 3.50.